The molecule has 0 saturated heterocycles. The average molecular weight is 314 g/mol. The summed E-state index contributed by atoms with van der Waals surface area (Å²) in [6.45, 7) is 4.27. The third-order valence-corrected chi connectivity index (χ3v) is 4.30. The molecule has 120 valence electrons. The molecule has 2 aromatic rings. The molecule has 3 rings (SSSR count). The van der Waals surface area contributed by atoms with Crippen molar-refractivity contribution >= 4 is 5.78 Å². The van der Waals surface area contributed by atoms with Crippen molar-refractivity contribution in [2.75, 3.05) is 7.11 Å². The lowest BCUT2D eigenvalue weighted by Gasteiger charge is -2.13. The van der Waals surface area contributed by atoms with E-state index >= 15 is 0 Å². The van der Waals surface area contributed by atoms with Gasteiger partial charge in [-0.2, -0.15) is 0 Å². The summed E-state index contributed by atoms with van der Waals surface area (Å²) in [5.41, 5.74) is 3.57. The molecule has 1 atom stereocenters. The first kappa shape index (κ1) is 15.5. The zero-order valence-corrected chi connectivity index (χ0v) is 13.5. The van der Waals surface area contributed by atoms with E-state index in [2.05, 4.69) is 6.92 Å². The van der Waals surface area contributed by atoms with Crippen LogP contribution < -0.4 is 9.47 Å². The molecule has 1 aliphatic rings. The largest absolute Gasteiger partial charge is 0.494 e. The summed E-state index contributed by atoms with van der Waals surface area (Å²) in [5.74, 6) is 0.698. The molecular weight excluding hydrogens is 295 g/mol. The zero-order chi connectivity index (χ0) is 16.6. The Labute approximate surface area is 135 Å². The van der Waals surface area contributed by atoms with Crippen LogP contribution in [-0.2, 0) is 6.61 Å². The Balaban J connectivity index is 1.85. The Bertz CT molecular complexity index is 767. The SMILES string of the molecule is COc1ccc(COc2ccc(C)c3c2C(=O)C[C@@H]3C)cc1F. The molecule has 0 amide bonds. The summed E-state index contributed by atoms with van der Waals surface area (Å²) >= 11 is 0. The molecule has 23 heavy (non-hydrogen) atoms. The van der Waals surface area contributed by atoms with Crippen molar-refractivity contribution in [3.63, 3.8) is 0 Å². The van der Waals surface area contributed by atoms with Crippen molar-refractivity contribution in [2.45, 2.75) is 32.8 Å². The van der Waals surface area contributed by atoms with Gasteiger partial charge in [-0.1, -0.05) is 19.1 Å². The van der Waals surface area contributed by atoms with Crippen LogP contribution in [0, 0.1) is 12.7 Å². The first-order chi connectivity index (χ1) is 11.0. The Morgan fingerprint density at radius 3 is 2.65 bits per heavy atom. The second-order valence-electron chi connectivity index (χ2n) is 5.96. The van der Waals surface area contributed by atoms with Crippen molar-refractivity contribution in [3.05, 3.63) is 58.4 Å². The Kier molecular flexibility index (Phi) is 4.07. The highest BCUT2D eigenvalue weighted by Crippen LogP contribution is 2.40. The van der Waals surface area contributed by atoms with E-state index in [0.717, 1.165) is 11.1 Å². The van der Waals surface area contributed by atoms with Crippen LogP contribution in [0.5, 0.6) is 11.5 Å². The normalized spacial score (nSPS) is 16.3. The molecule has 2 aromatic carbocycles. The van der Waals surface area contributed by atoms with Gasteiger partial charge in [-0.25, -0.2) is 4.39 Å². The lowest BCUT2D eigenvalue weighted by atomic mass is 9.97. The molecular formula is C19H19FO3. The topological polar surface area (TPSA) is 35.5 Å². The second-order valence-corrected chi connectivity index (χ2v) is 5.96. The summed E-state index contributed by atoms with van der Waals surface area (Å²) < 4.78 is 24.4. The summed E-state index contributed by atoms with van der Waals surface area (Å²) in [4.78, 5) is 12.2. The molecule has 0 aromatic heterocycles. The molecule has 4 heteroatoms. The lowest BCUT2D eigenvalue weighted by molar-refractivity contribution is 0.0986. The molecule has 1 aliphatic carbocycles. The Morgan fingerprint density at radius 2 is 1.96 bits per heavy atom. The first-order valence-electron chi connectivity index (χ1n) is 7.63. The fourth-order valence-electron chi connectivity index (χ4n) is 3.19. The van der Waals surface area contributed by atoms with Crippen molar-refractivity contribution in [1.82, 2.24) is 0 Å². The van der Waals surface area contributed by atoms with Gasteiger partial charge < -0.3 is 9.47 Å². The number of fused-ring (bicyclic) bond motifs is 1. The van der Waals surface area contributed by atoms with E-state index in [1.165, 1.54) is 13.2 Å². The van der Waals surface area contributed by atoms with Gasteiger partial charge in [0.15, 0.2) is 17.3 Å². The van der Waals surface area contributed by atoms with Gasteiger partial charge in [-0.05, 0) is 47.7 Å². The number of aryl methyl sites for hydroxylation is 1. The molecule has 0 unspecified atom stereocenters. The summed E-state index contributed by atoms with van der Waals surface area (Å²) in [6, 6.07) is 8.50. The first-order valence-corrected chi connectivity index (χ1v) is 7.63. The maximum Gasteiger partial charge on any atom is 0.167 e. The molecule has 0 bridgehead atoms. The molecule has 0 heterocycles. The van der Waals surface area contributed by atoms with Crippen LogP contribution in [0.2, 0.25) is 0 Å². The van der Waals surface area contributed by atoms with E-state index in [-0.39, 0.29) is 24.1 Å². The number of methoxy groups -OCH3 is 1. The van der Waals surface area contributed by atoms with Gasteiger partial charge in [-0.15, -0.1) is 0 Å². The number of ether oxygens (including phenoxy) is 2. The maximum atomic E-state index is 13.7. The van der Waals surface area contributed by atoms with Crippen molar-refractivity contribution in [3.8, 4) is 11.5 Å². The fourth-order valence-corrected chi connectivity index (χ4v) is 3.19. The van der Waals surface area contributed by atoms with E-state index < -0.39 is 5.82 Å². The number of halogens is 1. The number of benzene rings is 2. The van der Waals surface area contributed by atoms with E-state index in [9.17, 15) is 9.18 Å². The van der Waals surface area contributed by atoms with Gasteiger partial charge in [-0.3, -0.25) is 4.79 Å². The van der Waals surface area contributed by atoms with Crippen LogP contribution in [0.3, 0.4) is 0 Å². The van der Waals surface area contributed by atoms with Crippen molar-refractivity contribution in [1.29, 1.82) is 0 Å². The van der Waals surface area contributed by atoms with Crippen molar-refractivity contribution < 1.29 is 18.7 Å². The number of rotatable bonds is 4. The lowest BCUT2D eigenvalue weighted by Crippen LogP contribution is -2.03. The van der Waals surface area contributed by atoms with Gasteiger partial charge in [0.05, 0.1) is 12.7 Å². The monoisotopic (exact) mass is 314 g/mol. The minimum atomic E-state index is -0.424. The number of carbonyl (C=O) groups is 1. The fraction of sp³-hybridized carbons (Fsp3) is 0.316. The van der Waals surface area contributed by atoms with Crippen LogP contribution in [0.15, 0.2) is 30.3 Å². The number of carbonyl (C=O) groups excluding carboxylic acids is 1. The molecule has 0 fully saturated rings. The highest BCUT2D eigenvalue weighted by molar-refractivity contribution is 6.04. The standard InChI is InChI=1S/C19H19FO3/c1-11-4-6-17(19-15(21)8-12(2)18(11)19)23-10-13-5-7-16(22-3)14(20)9-13/h4-7,9,12H,8,10H2,1-3H3/t12-/m0/s1. The van der Waals surface area contributed by atoms with E-state index in [1.54, 1.807) is 12.1 Å². The highest BCUT2D eigenvalue weighted by Gasteiger charge is 2.31. The van der Waals surface area contributed by atoms with Gasteiger partial charge in [0.2, 0.25) is 0 Å². The molecule has 0 radical (unpaired) electrons. The van der Waals surface area contributed by atoms with E-state index in [4.69, 9.17) is 9.47 Å². The highest BCUT2D eigenvalue weighted by atomic mass is 19.1. The number of hydrogen-bond donors (Lipinski definition) is 0. The summed E-state index contributed by atoms with van der Waals surface area (Å²) in [6.07, 6.45) is 0.522. The van der Waals surface area contributed by atoms with Gasteiger partial charge in [0.1, 0.15) is 12.4 Å². The van der Waals surface area contributed by atoms with Gasteiger partial charge in [0, 0.05) is 6.42 Å². The van der Waals surface area contributed by atoms with E-state index in [1.807, 2.05) is 19.1 Å². The third-order valence-electron chi connectivity index (χ3n) is 4.30. The predicted octanol–water partition coefficient (Wildman–Crippen LogP) is 4.41. The Morgan fingerprint density at radius 1 is 1.22 bits per heavy atom. The van der Waals surface area contributed by atoms with Crippen LogP contribution >= 0.6 is 0 Å². The predicted molar refractivity (Wildman–Crippen MR) is 85.8 cm³/mol. The van der Waals surface area contributed by atoms with Gasteiger partial charge in [0.25, 0.3) is 0 Å². The molecule has 0 spiro atoms. The minimum absolute atomic E-state index is 0.118. The third kappa shape index (κ3) is 2.81. The van der Waals surface area contributed by atoms with Crippen LogP contribution in [0.25, 0.3) is 0 Å². The minimum Gasteiger partial charge on any atom is -0.494 e. The van der Waals surface area contributed by atoms with Gasteiger partial charge >= 0.3 is 0 Å². The smallest absolute Gasteiger partial charge is 0.167 e. The number of Topliss-reactive ketones (excluding diaryl/α,β-unsaturated/α-hetero) is 1. The molecule has 0 aliphatic heterocycles. The van der Waals surface area contributed by atoms with Crippen LogP contribution in [-0.4, -0.2) is 12.9 Å². The number of hydrogen-bond acceptors (Lipinski definition) is 3. The molecule has 0 N–H and O–H groups in total. The zero-order valence-electron chi connectivity index (χ0n) is 13.5. The molecule has 0 saturated carbocycles. The summed E-state index contributed by atoms with van der Waals surface area (Å²) in [5, 5.41) is 0. The van der Waals surface area contributed by atoms with Crippen LogP contribution in [0.4, 0.5) is 4.39 Å². The maximum absolute atomic E-state index is 13.7. The molecule has 3 nitrogen and oxygen atoms in total. The van der Waals surface area contributed by atoms with Crippen molar-refractivity contribution in [2.24, 2.45) is 0 Å². The number of ketones is 1. The van der Waals surface area contributed by atoms with E-state index in [0.29, 0.717) is 23.3 Å². The second kappa shape index (κ2) is 6.03. The quantitative estimate of drug-likeness (QED) is 0.838. The average Bonchev–Trinajstić information content (AvgIpc) is 2.83. The summed E-state index contributed by atoms with van der Waals surface area (Å²) in [7, 11) is 1.43. The Hall–Kier alpha value is -2.36. The van der Waals surface area contributed by atoms with Crippen LogP contribution in [0.1, 0.15) is 46.3 Å².